The Labute approximate surface area is 212 Å². The van der Waals surface area contributed by atoms with Gasteiger partial charge in [0.05, 0.1) is 38.9 Å². The molecule has 3 aromatic rings. The van der Waals surface area contributed by atoms with Crippen LogP contribution in [0.25, 0.3) is 11.0 Å². The first-order chi connectivity index (χ1) is 16.1. The highest BCUT2D eigenvalue weighted by Gasteiger charge is 2.33. The number of fused-ring (bicyclic) bond motifs is 1. The van der Waals surface area contributed by atoms with E-state index >= 15 is 0 Å². The van der Waals surface area contributed by atoms with Crippen molar-refractivity contribution in [3.8, 4) is 5.75 Å². The zero-order valence-corrected chi connectivity index (χ0v) is 20.7. The summed E-state index contributed by atoms with van der Waals surface area (Å²) in [6.45, 7) is 3.39. The first kappa shape index (κ1) is 23.8. The van der Waals surface area contributed by atoms with E-state index in [2.05, 4.69) is 26.3 Å². The second-order valence-electron chi connectivity index (χ2n) is 8.86. The Kier molecular flexibility index (Phi) is 6.76. The Morgan fingerprint density at radius 1 is 1.26 bits per heavy atom. The number of ether oxygens (including phenoxy) is 1. The standard InChI is InChI=1S/C23H24ClN5O3S.ClH/c24-15-7-27-17-1-2-21(31)29-10-13(22(15)23(17)29)9-28-4-3-16(18(30)11-28)26-6-14-5-20-19(8-25-14)32-12-33-20;/h1-2,5,7-8,13,16,18,26,30H,3-4,6,9-12H2;1H/t13?,16-,18+;/m0./s1. The molecule has 0 amide bonds. The van der Waals surface area contributed by atoms with Crippen LogP contribution >= 0.6 is 35.8 Å². The van der Waals surface area contributed by atoms with E-state index in [0.29, 0.717) is 30.6 Å². The number of nitrogens with zero attached hydrogens (tertiary/aromatic N) is 4. The van der Waals surface area contributed by atoms with Gasteiger partial charge in [-0.25, -0.2) is 0 Å². The fourth-order valence-corrected chi connectivity index (χ4v) is 6.26. The molecule has 0 saturated carbocycles. The summed E-state index contributed by atoms with van der Waals surface area (Å²) in [5.41, 5.74) is 3.57. The molecule has 0 bridgehead atoms. The summed E-state index contributed by atoms with van der Waals surface area (Å²) >= 11 is 8.19. The summed E-state index contributed by atoms with van der Waals surface area (Å²) < 4.78 is 7.27. The molecule has 0 spiro atoms. The number of piperidine rings is 1. The first-order valence-electron chi connectivity index (χ1n) is 11.1. The molecule has 34 heavy (non-hydrogen) atoms. The molecule has 1 fully saturated rings. The Bertz CT molecular complexity index is 1290. The molecule has 2 N–H and O–H groups in total. The largest absolute Gasteiger partial charge is 0.480 e. The lowest BCUT2D eigenvalue weighted by Gasteiger charge is -2.37. The number of aromatic nitrogens is 3. The monoisotopic (exact) mass is 521 g/mol. The van der Waals surface area contributed by atoms with Crippen molar-refractivity contribution >= 4 is 46.8 Å². The van der Waals surface area contributed by atoms with Crippen molar-refractivity contribution in [3.63, 3.8) is 0 Å². The maximum atomic E-state index is 12.4. The number of pyridine rings is 3. The molecular formula is C23H25Cl2N5O3S. The number of nitrogens with one attached hydrogen (secondary N) is 1. The van der Waals surface area contributed by atoms with Crippen LogP contribution in [0.2, 0.25) is 5.02 Å². The average molecular weight is 522 g/mol. The van der Waals surface area contributed by atoms with Gasteiger partial charge in [0.2, 0.25) is 0 Å². The highest BCUT2D eigenvalue weighted by atomic mass is 35.5. The van der Waals surface area contributed by atoms with Crippen molar-refractivity contribution in [1.29, 1.82) is 0 Å². The second-order valence-corrected chi connectivity index (χ2v) is 10.2. The van der Waals surface area contributed by atoms with Gasteiger partial charge >= 0.3 is 0 Å². The predicted molar refractivity (Wildman–Crippen MR) is 134 cm³/mol. The number of aliphatic hydroxyl groups is 1. The molecule has 3 aliphatic rings. The molecule has 8 nitrogen and oxygen atoms in total. The van der Waals surface area contributed by atoms with E-state index in [1.807, 2.05) is 0 Å². The van der Waals surface area contributed by atoms with Crippen LogP contribution in [0.1, 0.15) is 23.6 Å². The van der Waals surface area contributed by atoms with Gasteiger partial charge in [-0.15, -0.1) is 12.4 Å². The molecule has 6 heterocycles. The van der Waals surface area contributed by atoms with Crippen molar-refractivity contribution in [1.82, 2.24) is 24.8 Å². The topological polar surface area (TPSA) is 92.5 Å². The van der Waals surface area contributed by atoms with Crippen molar-refractivity contribution in [2.45, 2.75) is 42.5 Å². The van der Waals surface area contributed by atoms with Crippen molar-refractivity contribution in [2.24, 2.45) is 0 Å². The van der Waals surface area contributed by atoms with E-state index in [1.165, 1.54) is 0 Å². The number of hydrogen-bond donors (Lipinski definition) is 2. The van der Waals surface area contributed by atoms with E-state index < -0.39 is 6.10 Å². The van der Waals surface area contributed by atoms with Gasteiger partial charge in [-0.2, -0.15) is 0 Å². The second kappa shape index (κ2) is 9.64. The quantitative estimate of drug-likeness (QED) is 0.529. The Hall–Kier alpha value is -1.88. The highest BCUT2D eigenvalue weighted by molar-refractivity contribution is 7.99. The van der Waals surface area contributed by atoms with Gasteiger partial charge in [-0.05, 0) is 25.1 Å². The Morgan fingerprint density at radius 3 is 3.00 bits per heavy atom. The molecule has 3 aromatic heterocycles. The van der Waals surface area contributed by atoms with Gasteiger partial charge < -0.3 is 19.7 Å². The number of hydrogen-bond acceptors (Lipinski definition) is 8. The molecule has 1 unspecified atom stereocenters. The van der Waals surface area contributed by atoms with Crippen LogP contribution < -0.4 is 15.6 Å². The molecule has 3 atom stereocenters. The van der Waals surface area contributed by atoms with Crippen LogP contribution in [0.4, 0.5) is 0 Å². The predicted octanol–water partition coefficient (Wildman–Crippen LogP) is 2.63. The van der Waals surface area contributed by atoms with E-state index in [0.717, 1.165) is 52.4 Å². The third-order valence-electron chi connectivity index (χ3n) is 6.81. The minimum absolute atomic E-state index is 0. The summed E-state index contributed by atoms with van der Waals surface area (Å²) in [5, 5.41) is 14.9. The summed E-state index contributed by atoms with van der Waals surface area (Å²) in [5.74, 6) is 1.59. The lowest BCUT2D eigenvalue weighted by Crippen LogP contribution is -2.53. The lowest BCUT2D eigenvalue weighted by atomic mass is 9.97. The third-order valence-corrected chi connectivity index (χ3v) is 7.98. The lowest BCUT2D eigenvalue weighted by molar-refractivity contribution is 0.0368. The minimum Gasteiger partial charge on any atom is -0.480 e. The number of β-amino-alcohol motifs (C(OH)–C–C–N with tert-alkyl or cyclic N) is 1. The molecule has 1 saturated heterocycles. The van der Waals surface area contributed by atoms with Crippen molar-refractivity contribution in [2.75, 3.05) is 25.6 Å². The SMILES string of the molecule is Cl.O=c1ccc2ncc(Cl)c3c2n1CC3CN1CC[C@H](NCc2cc3c(cn2)OCS3)[C@H](O)C1. The highest BCUT2D eigenvalue weighted by Crippen LogP contribution is 2.38. The normalized spacial score (nSPS) is 23.5. The minimum atomic E-state index is -0.481. The summed E-state index contributed by atoms with van der Waals surface area (Å²) in [6.07, 6.45) is 3.81. The van der Waals surface area contributed by atoms with Gasteiger partial charge in [0.15, 0.2) is 5.75 Å². The van der Waals surface area contributed by atoms with Crippen LogP contribution in [-0.2, 0) is 13.1 Å². The van der Waals surface area contributed by atoms with Crippen LogP contribution in [0.5, 0.6) is 5.75 Å². The van der Waals surface area contributed by atoms with Gasteiger partial charge in [-0.1, -0.05) is 23.4 Å². The Balaban J connectivity index is 0.00000241. The van der Waals surface area contributed by atoms with Crippen LogP contribution in [0, 0.1) is 0 Å². The zero-order valence-electron chi connectivity index (χ0n) is 18.3. The number of thioether (sulfide) groups is 1. The molecule has 180 valence electrons. The van der Waals surface area contributed by atoms with Gasteiger partial charge in [0.25, 0.3) is 5.56 Å². The van der Waals surface area contributed by atoms with E-state index in [4.69, 9.17) is 16.3 Å². The molecule has 11 heteroatoms. The summed E-state index contributed by atoms with van der Waals surface area (Å²) in [6, 6.07) is 5.40. The van der Waals surface area contributed by atoms with Gasteiger partial charge in [0.1, 0.15) is 5.94 Å². The number of aliphatic hydroxyl groups excluding tert-OH is 1. The third kappa shape index (κ3) is 4.29. The number of likely N-dealkylation sites (tertiary alicyclic amines) is 1. The van der Waals surface area contributed by atoms with Gasteiger partial charge in [-0.3, -0.25) is 19.7 Å². The molecule has 0 aromatic carbocycles. The summed E-state index contributed by atoms with van der Waals surface area (Å²) in [4.78, 5) is 24.6. The molecular weight excluding hydrogens is 497 g/mol. The maximum absolute atomic E-state index is 12.4. The first-order valence-corrected chi connectivity index (χ1v) is 12.5. The van der Waals surface area contributed by atoms with E-state index in [1.54, 1.807) is 40.9 Å². The molecule has 3 aliphatic heterocycles. The number of halogens is 2. The average Bonchev–Trinajstić information content (AvgIpc) is 3.43. The van der Waals surface area contributed by atoms with Crippen LogP contribution in [0.3, 0.4) is 0 Å². The van der Waals surface area contributed by atoms with Crippen LogP contribution in [-0.4, -0.2) is 62.3 Å². The smallest absolute Gasteiger partial charge is 0.251 e. The number of rotatable bonds is 5. The molecule has 0 aliphatic carbocycles. The zero-order chi connectivity index (χ0) is 22.5. The van der Waals surface area contributed by atoms with Crippen LogP contribution in [0.15, 0.2) is 40.3 Å². The Morgan fingerprint density at radius 2 is 2.15 bits per heavy atom. The van der Waals surface area contributed by atoms with Gasteiger partial charge in [0, 0.05) is 56.0 Å². The van der Waals surface area contributed by atoms with E-state index in [-0.39, 0.29) is 29.9 Å². The van der Waals surface area contributed by atoms with Crippen molar-refractivity contribution in [3.05, 3.63) is 57.2 Å². The molecule has 6 rings (SSSR count). The molecule has 0 radical (unpaired) electrons. The van der Waals surface area contributed by atoms with Crippen molar-refractivity contribution < 1.29 is 9.84 Å². The van der Waals surface area contributed by atoms with E-state index in [9.17, 15) is 9.90 Å². The fourth-order valence-electron chi connectivity index (χ4n) is 5.18. The maximum Gasteiger partial charge on any atom is 0.251 e. The summed E-state index contributed by atoms with van der Waals surface area (Å²) in [7, 11) is 0. The fraction of sp³-hybridized carbons (Fsp3) is 0.435.